The van der Waals surface area contributed by atoms with E-state index in [0.717, 1.165) is 11.8 Å². The van der Waals surface area contributed by atoms with Crippen molar-refractivity contribution in [2.75, 3.05) is 18.4 Å². The molecule has 8 heteroatoms. The molecule has 2 amide bonds. The highest BCUT2D eigenvalue weighted by Crippen LogP contribution is 2.32. The molecular weight excluding hydrogens is 340 g/mol. The third-order valence-corrected chi connectivity index (χ3v) is 4.62. The molecule has 3 rings (SSSR count). The zero-order valence-electron chi connectivity index (χ0n) is 14.0. The third-order valence-electron chi connectivity index (χ3n) is 3.71. The predicted molar refractivity (Wildman–Crippen MR) is 98.6 cm³/mol. The lowest BCUT2D eigenvalue weighted by Gasteiger charge is -2.10. The molecule has 25 heavy (non-hydrogen) atoms. The van der Waals surface area contributed by atoms with Crippen LogP contribution < -0.4 is 10.9 Å². The summed E-state index contributed by atoms with van der Waals surface area (Å²) in [5.74, 6) is 0.0397. The van der Waals surface area contributed by atoms with E-state index in [9.17, 15) is 14.4 Å². The average molecular weight is 358 g/mol. The SMILES string of the molecule is CCCN1C(=O)SC(=Cc2c(NCC)nc3ccccn3c2=O)C1=O. The number of amides is 2. The van der Waals surface area contributed by atoms with Crippen LogP contribution in [0.25, 0.3) is 11.7 Å². The van der Waals surface area contributed by atoms with Gasteiger partial charge in [-0.1, -0.05) is 13.0 Å². The van der Waals surface area contributed by atoms with Crippen molar-refractivity contribution in [1.82, 2.24) is 14.3 Å². The third kappa shape index (κ3) is 3.17. The lowest BCUT2D eigenvalue weighted by molar-refractivity contribution is -0.122. The first-order chi connectivity index (χ1) is 12.1. The van der Waals surface area contributed by atoms with Gasteiger partial charge in [-0.25, -0.2) is 4.98 Å². The summed E-state index contributed by atoms with van der Waals surface area (Å²) in [5.41, 5.74) is 0.496. The van der Waals surface area contributed by atoms with E-state index >= 15 is 0 Å². The Morgan fingerprint density at radius 2 is 2.04 bits per heavy atom. The molecule has 1 fully saturated rings. The van der Waals surface area contributed by atoms with E-state index in [4.69, 9.17) is 0 Å². The highest BCUT2D eigenvalue weighted by atomic mass is 32.2. The van der Waals surface area contributed by atoms with Crippen molar-refractivity contribution in [3.63, 3.8) is 0 Å². The molecular formula is C17H18N4O3S. The van der Waals surface area contributed by atoms with Gasteiger partial charge < -0.3 is 5.32 Å². The van der Waals surface area contributed by atoms with Gasteiger partial charge in [0.25, 0.3) is 16.7 Å². The summed E-state index contributed by atoms with van der Waals surface area (Å²) >= 11 is 0.852. The quantitative estimate of drug-likeness (QED) is 0.827. The van der Waals surface area contributed by atoms with E-state index in [0.29, 0.717) is 31.0 Å². The van der Waals surface area contributed by atoms with E-state index in [2.05, 4.69) is 10.3 Å². The molecule has 0 aromatic carbocycles. The summed E-state index contributed by atoms with van der Waals surface area (Å²) in [6, 6.07) is 5.27. The summed E-state index contributed by atoms with van der Waals surface area (Å²) in [7, 11) is 0. The predicted octanol–water partition coefficient (Wildman–Crippen LogP) is 2.57. The smallest absolute Gasteiger partial charge is 0.293 e. The monoisotopic (exact) mass is 358 g/mol. The van der Waals surface area contributed by atoms with Crippen LogP contribution in [0.3, 0.4) is 0 Å². The average Bonchev–Trinajstić information content (AvgIpc) is 2.86. The van der Waals surface area contributed by atoms with E-state index in [1.807, 2.05) is 13.8 Å². The van der Waals surface area contributed by atoms with Crippen LogP contribution in [0.5, 0.6) is 0 Å². The van der Waals surface area contributed by atoms with Gasteiger partial charge in [0.05, 0.1) is 10.5 Å². The van der Waals surface area contributed by atoms with E-state index < -0.39 is 0 Å². The van der Waals surface area contributed by atoms with Crippen LogP contribution in [0.15, 0.2) is 34.1 Å². The first-order valence-corrected chi connectivity index (χ1v) is 8.89. The zero-order valence-corrected chi connectivity index (χ0v) is 14.8. The summed E-state index contributed by atoms with van der Waals surface area (Å²) in [6.07, 6.45) is 3.78. The molecule has 130 valence electrons. The Bertz CT molecular complexity index is 935. The van der Waals surface area contributed by atoms with Crippen LogP contribution >= 0.6 is 11.8 Å². The normalized spacial score (nSPS) is 16.2. The Kier molecular flexibility index (Phi) is 4.89. The highest BCUT2D eigenvalue weighted by Gasteiger charge is 2.34. The van der Waals surface area contributed by atoms with Gasteiger partial charge in [-0.2, -0.15) is 0 Å². The maximum absolute atomic E-state index is 12.8. The Balaban J connectivity index is 2.13. The standard InChI is InChI=1S/C17H18N4O3S/c1-3-8-21-16(23)12(25-17(21)24)10-11-14(18-4-2)19-13-7-5-6-9-20(13)15(11)22/h5-7,9-10,18H,3-4,8H2,1-2H3. The maximum Gasteiger partial charge on any atom is 0.293 e. The number of fused-ring (bicyclic) bond motifs is 1. The number of nitrogens with zero attached hydrogens (tertiary/aromatic N) is 3. The molecule has 7 nitrogen and oxygen atoms in total. The fraction of sp³-hybridized carbons (Fsp3) is 0.294. The lowest BCUT2D eigenvalue weighted by atomic mass is 10.2. The second-order valence-corrected chi connectivity index (χ2v) is 6.46. The summed E-state index contributed by atoms with van der Waals surface area (Å²) < 4.78 is 1.42. The van der Waals surface area contributed by atoms with Crippen molar-refractivity contribution in [2.24, 2.45) is 0 Å². The summed E-state index contributed by atoms with van der Waals surface area (Å²) in [5, 5.41) is 2.75. The molecule has 1 N–H and O–H groups in total. The molecule has 2 aromatic rings. The molecule has 0 radical (unpaired) electrons. The van der Waals surface area contributed by atoms with Gasteiger partial charge in [0, 0.05) is 19.3 Å². The molecule has 3 heterocycles. The number of imide groups is 1. The molecule has 0 unspecified atom stereocenters. The van der Waals surface area contributed by atoms with Crippen molar-refractivity contribution < 1.29 is 9.59 Å². The topological polar surface area (TPSA) is 83.8 Å². The van der Waals surface area contributed by atoms with Crippen LogP contribution in [0.1, 0.15) is 25.8 Å². The molecule has 0 atom stereocenters. The van der Waals surface area contributed by atoms with Crippen LogP contribution in [0.2, 0.25) is 0 Å². The number of rotatable bonds is 5. The fourth-order valence-corrected chi connectivity index (χ4v) is 3.43. The number of carbonyl (C=O) groups excluding carboxylic acids is 2. The van der Waals surface area contributed by atoms with Crippen molar-refractivity contribution in [1.29, 1.82) is 0 Å². The first-order valence-electron chi connectivity index (χ1n) is 8.07. The highest BCUT2D eigenvalue weighted by molar-refractivity contribution is 8.18. The Hall–Kier alpha value is -2.61. The number of thioether (sulfide) groups is 1. The number of hydrogen-bond donors (Lipinski definition) is 1. The molecule has 0 spiro atoms. The number of pyridine rings is 1. The van der Waals surface area contributed by atoms with Gasteiger partial charge >= 0.3 is 0 Å². The minimum Gasteiger partial charge on any atom is -0.370 e. The zero-order chi connectivity index (χ0) is 18.0. The number of hydrogen-bond acceptors (Lipinski definition) is 6. The Morgan fingerprint density at radius 1 is 1.24 bits per heavy atom. The van der Waals surface area contributed by atoms with Gasteiger partial charge in [-0.15, -0.1) is 0 Å². The number of aromatic nitrogens is 2. The number of carbonyl (C=O) groups is 2. The Morgan fingerprint density at radius 3 is 2.76 bits per heavy atom. The first kappa shape index (κ1) is 17.2. The minimum atomic E-state index is -0.364. The molecule has 0 bridgehead atoms. The second-order valence-electron chi connectivity index (χ2n) is 5.47. The summed E-state index contributed by atoms with van der Waals surface area (Å²) in [4.78, 5) is 43.1. The number of nitrogens with one attached hydrogen (secondary N) is 1. The van der Waals surface area contributed by atoms with E-state index in [-0.39, 0.29) is 27.2 Å². The van der Waals surface area contributed by atoms with Crippen LogP contribution in [0, 0.1) is 0 Å². The van der Waals surface area contributed by atoms with Crippen molar-refractivity contribution in [3.8, 4) is 0 Å². The minimum absolute atomic E-state index is 0.243. The van der Waals surface area contributed by atoms with Crippen LogP contribution in [-0.4, -0.2) is 38.5 Å². The maximum atomic E-state index is 12.8. The second kappa shape index (κ2) is 7.10. The largest absolute Gasteiger partial charge is 0.370 e. The van der Waals surface area contributed by atoms with Crippen molar-refractivity contribution >= 4 is 40.4 Å². The van der Waals surface area contributed by atoms with Gasteiger partial charge in [0.1, 0.15) is 11.5 Å². The van der Waals surface area contributed by atoms with E-state index in [1.165, 1.54) is 15.4 Å². The van der Waals surface area contributed by atoms with Gasteiger partial charge in [-0.3, -0.25) is 23.7 Å². The number of anilines is 1. The van der Waals surface area contributed by atoms with Gasteiger partial charge in [-0.05, 0) is 43.3 Å². The van der Waals surface area contributed by atoms with Crippen molar-refractivity contribution in [3.05, 3.63) is 45.2 Å². The Labute approximate surface area is 148 Å². The molecule has 0 saturated carbocycles. The van der Waals surface area contributed by atoms with Gasteiger partial charge in [0.2, 0.25) is 0 Å². The van der Waals surface area contributed by atoms with Gasteiger partial charge in [0.15, 0.2) is 0 Å². The summed E-state index contributed by atoms with van der Waals surface area (Å²) in [6.45, 7) is 4.74. The molecule has 2 aromatic heterocycles. The molecule has 1 aliphatic rings. The van der Waals surface area contributed by atoms with Crippen molar-refractivity contribution in [2.45, 2.75) is 20.3 Å². The molecule has 1 aliphatic heterocycles. The van der Waals surface area contributed by atoms with E-state index in [1.54, 1.807) is 24.4 Å². The molecule has 0 aliphatic carbocycles. The fourth-order valence-electron chi connectivity index (χ4n) is 2.58. The molecule has 1 saturated heterocycles. The van der Waals surface area contributed by atoms with Crippen LogP contribution in [-0.2, 0) is 4.79 Å². The van der Waals surface area contributed by atoms with Crippen LogP contribution in [0.4, 0.5) is 10.6 Å². The lowest BCUT2D eigenvalue weighted by Crippen LogP contribution is -2.28.